The van der Waals surface area contributed by atoms with Crippen molar-refractivity contribution in [3.8, 4) is 0 Å². The van der Waals surface area contributed by atoms with Gasteiger partial charge in [-0.1, -0.05) is 13.8 Å². The van der Waals surface area contributed by atoms with Crippen LogP contribution in [0.2, 0.25) is 0 Å². The summed E-state index contributed by atoms with van der Waals surface area (Å²) >= 11 is 0. The number of amides is 2. The van der Waals surface area contributed by atoms with E-state index in [2.05, 4.69) is 10.2 Å². The molecule has 5 nitrogen and oxygen atoms in total. The highest BCUT2D eigenvalue weighted by Gasteiger charge is 2.44. The number of rotatable bonds is 3. The van der Waals surface area contributed by atoms with Gasteiger partial charge in [0.1, 0.15) is 6.04 Å². The van der Waals surface area contributed by atoms with Crippen molar-refractivity contribution in [3.63, 3.8) is 0 Å². The third-order valence-electron chi connectivity index (χ3n) is 4.55. The van der Waals surface area contributed by atoms with Crippen molar-refractivity contribution < 1.29 is 9.59 Å². The van der Waals surface area contributed by atoms with Gasteiger partial charge >= 0.3 is 0 Å². The Bertz CT molecular complexity index is 392. The molecule has 3 aliphatic rings. The SMILES string of the molecule is CC(C)C1C(=O)NCC(=O)N1C1CCN(C2CC2)C1. The predicted molar refractivity (Wildman–Crippen MR) is 71.5 cm³/mol. The molecule has 1 saturated carbocycles. The zero-order valence-electron chi connectivity index (χ0n) is 11.8. The average molecular weight is 265 g/mol. The first kappa shape index (κ1) is 12.9. The van der Waals surface area contributed by atoms with E-state index in [9.17, 15) is 9.59 Å². The van der Waals surface area contributed by atoms with Gasteiger partial charge in [0.15, 0.2) is 0 Å². The summed E-state index contributed by atoms with van der Waals surface area (Å²) in [5, 5.41) is 2.72. The second kappa shape index (κ2) is 4.78. The molecular weight excluding hydrogens is 242 g/mol. The molecule has 3 rings (SSSR count). The largest absolute Gasteiger partial charge is 0.345 e. The molecule has 2 saturated heterocycles. The first-order valence-electron chi connectivity index (χ1n) is 7.41. The minimum absolute atomic E-state index is 0.0134. The van der Waals surface area contributed by atoms with E-state index < -0.39 is 0 Å². The molecule has 2 aliphatic heterocycles. The fraction of sp³-hybridized carbons (Fsp3) is 0.857. The lowest BCUT2D eigenvalue weighted by Gasteiger charge is -2.41. The standard InChI is InChI=1S/C14H23N3O2/c1-9(2)13-14(19)15-7-12(18)17(13)11-5-6-16(8-11)10-3-4-10/h9-11,13H,3-8H2,1-2H3,(H,15,19). The summed E-state index contributed by atoms with van der Waals surface area (Å²) in [6.45, 7) is 6.23. The summed E-state index contributed by atoms with van der Waals surface area (Å²) in [6, 6.07) is 0.688. The van der Waals surface area contributed by atoms with Crippen molar-refractivity contribution in [2.45, 2.75) is 51.2 Å². The third-order valence-corrected chi connectivity index (χ3v) is 4.55. The fourth-order valence-electron chi connectivity index (χ4n) is 3.46. The van der Waals surface area contributed by atoms with E-state index in [1.807, 2.05) is 18.7 Å². The maximum atomic E-state index is 12.2. The van der Waals surface area contributed by atoms with Crippen LogP contribution >= 0.6 is 0 Å². The van der Waals surface area contributed by atoms with E-state index in [4.69, 9.17) is 0 Å². The number of hydrogen-bond donors (Lipinski definition) is 1. The molecule has 2 heterocycles. The van der Waals surface area contributed by atoms with Gasteiger partial charge in [-0.05, 0) is 25.2 Å². The van der Waals surface area contributed by atoms with Crippen molar-refractivity contribution in [2.75, 3.05) is 19.6 Å². The number of carbonyl (C=O) groups is 2. The Balaban J connectivity index is 1.75. The van der Waals surface area contributed by atoms with Crippen molar-refractivity contribution in [2.24, 2.45) is 5.92 Å². The second-order valence-corrected chi connectivity index (χ2v) is 6.38. The van der Waals surface area contributed by atoms with Crippen LogP contribution in [0, 0.1) is 5.92 Å². The highest BCUT2D eigenvalue weighted by molar-refractivity contribution is 5.95. The Kier molecular flexibility index (Phi) is 3.25. The minimum Gasteiger partial charge on any atom is -0.345 e. The monoisotopic (exact) mass is 265 g/mol. The maximum absolute atomic E-state index is 12.2. The molecule has 3 fully saturated rings. The quantitative estimate of drug-likeness (QED) is 0.793. The number of carbonyl (C=O) groups excluding carboxylic acids is 2. The summed E-state index contributed by atoms with van der Waals surface area (Å²) in [5.41, 5.74) is 0. The Hall–Kier alpha value is -1.10. The van der Waals surface area contributed by atoms with Gasteiger partial charge in [0, 0.05) is 25.2 Å². The number of piperazine rings is 1. The number of nitrogens with one attached hydrogen (secondary N) is 1. The molecule has 0 aromatic rings. The molecule has 2 amide bonds. The third kappa shape index (κ3) is 2.36. The molecule has 0 bridgehead atoms. The molecule has 19 heavy (non-hydrogen) atoms. The fourth-order valence-corrected chi connectivity index (χ4v) is 3.46. The minimum atomic E-state index is -0.287. The summed E-state index contributed by atoms with van der Waals surface area (Å²) in [6.07, 6.45) is 3.61. The molecule has 1 aliphatic carbocycles. The molecule has 5 heteroatoms. The Morgan fingerprint density at radius 3 is 2.53 bits per heavy atom. The number of nitrogens with zero attached hydrogens (tertiary/aromatic N) is 2. The van der Waals surface area contributed by atoms with Crippen LogP contribution in [0.25, 0.3) is 0 Å². The molecule has 0 spiro atoms. The molecule has 0 aromatic heterocycles. The number of likely N-dealkylation sites (tertiary alicyclic amines) is 1. The molecule has 0 aromatic carbocycles. The van der Waals surface area contributed by atoms with E-state index in [1.54, 1.807) is 0 Å². The van der Waals surface area contributed by atoms with Gasteiger partial charge in [-0.2, -0.15) is 0 Å². The van der Waals surface area contributed by atoms with Gasteiger partial charge in [-0.15, -0.1) is 0 Å². The zero-order valence-corrected chi connectivity index (χ0v) is 11.8. The van der Waals surface area contributed by atoms with Crippen LogP contribution in [-0.4, -0.2) is 59.4 Å². The van der Waals surface area contributed by atoms with Crippen LogP contribution in [0.15, 0.2) is 0 Å². The lowest BCUT2D eigenvalue weighted by atomic mass is 9.97. The van der Waals surface area contributed by atoms with Gasteiger partial charge < -0.3 is 10.2 Å². The predicted octanol–water partition coefficient (Wildman–Crippen LogP) is 0.206. The summed E-state index contributed by atoms with van der Waals surface area (Å²) in [4.78, 5) is 28.7. The van der Waals surface area contributed by atoms with Gasteiger partial charge in [0.2, 0.25) is 11.8 Å². The summed E-state index contributed by atoms with van der Waals surface area (Å²) < 4.78 is 0. The van der Waals surface area contributed by atoms with Gasteiger partial charge in [-0.3, -0.25) is 14.5 Å². The smallest absolute Gasteiger partial charge is 0.243 e. The van der Waals surface area contributed by atoms with Crippen molar-refractivity contribution in [1.29, 1.82) is 0 Å². The van der Waals surface area contributed by atoms with E-state index >= 15 is 0 Å². The second-order valence-electron chi connectivity index (χ2n) is 6.38. The van der Waals surface area contributed by atoms with Crippen LogP contribution in [0.1, 0.15) is 33.1 Å². The average Bonchev–Trinajstić information content (AvgIpc) is 3.10. The van der Waals surface area contributed by atoms with Crippen LogP contribution < -0.4 is 5.32 Å². The first-order valence-corrected chi connectivity index (χ1v) is 7.41. The van der Waals surface area contributed by atoms with Gasteiger partial charge in [0.25, 0.3) is 0 Å². The number of hydrogen-bond acceptors (Lipinski definition) is 3. The van der Waals surface area contributed by atoms with E-state index in [1.165, 1.54) is 12.8 Å². The molecule has 2 unspecified atom stereocenters. The molecule has 106 valence electrons. The van der Waals surface area contributed by atoms with E-state index in [-0.39, 0.29) is 36.4 Å². The molecule has 1 N–H and O–H groups in total. The van der Waals surface area contributed by atoms with Crippen LogP contribution in [0.3, 0.4) is 0 Å². The van der Waals surface area contributed by atoms with Gasteiger partial charge in [-0.25, -0.2) is 0 Å². The Morgan fingerprint density at radius 1 is 1.16 bits per heavy atom. The van der Waals surface area contributed by atoms with Crippen molar-refractivity contribution in [3.05, 3.63) is 0 Å². The molecule has 0 radical (unpaired) electrons. The highest BCUT2D eigenvalue weighted by Crippen LogP contribution is 2.32. The van der Waals surface area contributed by atoms with E-state index in [0.29, 0.717) is 0 Å². The van der Waals surface area contributed by atoms with Crippen molar-refractivity contribution in [1.82, 2.24) is 15.1 Å². The highest BCUT2D eigenvalue weighted by atomic mass is 16.2. The van der Waals surface area contributed by atoms with Crippen LogP contribution in [0.4, 0.5) is 0 Å². The van der Waals surface area contributed by atoms with E-state index in [0.717, 1.165) is 25.6 Å². The Labute approximate surface area is 114 Å². The maximum Gasteiger partial charge on any atom is 0.243 e. The topological polar surface area (TPSA) is 52.7 Å². The summed E-state index contributed by atoms with van der Waals surface area (Å²) in [5.74, 6) is 0.264. The van der Waals surface area contributed by atoms with Crippen molar-refractivity contribution >= 4 is 11.8 Å². The first-order chi connectivity index (χ1) is 9.08. The summed E-state index contributed by atoms with van der Waals surface area (Å²) in [7, 11) is 0. The Morgan fingerprint density at radius 2 is 1.89 bits per heavy atom. The lowest BCUT2D eigenvalue weighted by molar-refractivity contribution is -0.150. The van der Waals surface area contributed by atoms with Crippen LogP contribution in [0.5, 0.6) is 0 Å². The lowest BCUT2D eigenvalue weighted by Crippen LogP contribution is -2.63. The normalized spacial score (nSPS) is 33.1. The molecule has 2 atom stereocenters. The molecular formula is C14H23N3O2. The zero-order chi connectivity index (χ0) is 13.6. The van der Waals surface area contributed by atoms with Crippen LogP contribution in [-0.2, 0) is 9.59 Å². The van der Waals surface area contributed by atoms with Gasteiger partial charge in [0.05, 0.1) is 6.54 Å².